The molecular formula is C23H26FN3O7S. The number of benzene rings is 2. The average Bonchev–Trinajstić information content (AvgIpc) is 3.20. The van der Waals surface area contributed by atoms with Crippen molar-refractivity contribution in [3.8, 4) is 22.8 Å². The summed E-state index contributed by atoms with van der Waals surface area (Å²) in [5.74, 6) is -0.212. The van der Waals surface area contributed by atoms with Gasteiger partial charge in [-0.05, 0) is 36.1 Å². The molecule has 0 saturated carbocycles. The van der Waals surface area contributed by atoms with Crippen molar-refractivity contribution in [2.24, 2.45) is 11.8 Å². The molecule has 0 radical (unpaired) electrons. The van der Waals surface area contributed by atoms with Crippen molar-refractivity contribution in [2.45, 2.75) is 26.8 Å². The van der Waals surface area contributed by atoms with Crippen LogP contribution in [0.5, 0.6) is 0 Å². The maximum absolute atomic E-state index is 14.6. The summed E-state index contributed by atoms with van der Waals surface area (Å²) in [4.78, 5) is 17.2. The van der Waals surface area contributed by atoms with Crippen LogP contribution < -0.4 is 0 Å². The number of nitrogens with zero attached hydrogens (tertiary/aromatic N) is 3. The van der Waals surface area contributed by atoms with E-state index in [1.165, 1.54) is 11.6 Å². The summed E-state index contributed by atoms with van der Waals surface area (Å²) in [6.07, 6.45) is 1.01. The number of aliphatic carboxylic acids is 1. The fourth-order valence-electron chi connectivity index (χ4n) is 3.62. The summed E-state index contributed by atoms with van der Waals surface area (Å²) in [7, 11) is -4.67. The normalized spacial score (nSPS) is 14.3. The third-order valence-corrected chi connectivity index (χ3v) is 5.28. The van der Waals surface area contributed by atoms with Crippen molar-refractivity contribution in [1.29, 1.82) is 0 Å². The highest BCUT2D eigenvalue weighted by Gasteiger charge is 2.32. The number of aromatic nitrogens is 2. The van der Waals surface area contributed by atoms with E-state index in [9.17, 15) is 9.18 Å². The Balaban J connectivity index is 0.000000623. The quantitative estimate of drug-likeness (QED) is 0.404. The third kappa shape index (κ3) is 7.92. The van der Waals surface area contributed by atoms with Crippen LogP contribution in [-0.2, 0) is 28.2 Å². The van der Waals surface area contributed by atoms with Gasteiger partial charge >= 0.3 is 16.4 Å². The molecule has 0 bridgehead atoms. The van der Waals surface area contributed by atoms with Crippen molar-refractivity contribution in [3.63, 3.8) is 0 Å². The summed E-state index contributed by atoms with van der Waals surface area (Å²) in [5, 5.41) is 12.9. The molecule has 1 aliphatic rings. The Kier molecular flexibility index (Phi) is 8.33. The van der Waals surface area contributed by atoms with Gasteiger partial charge in [0.1, 0.15) is 5.82 Å². The fourth-order valence-corrected chi connectivity index (χ4v) is 3.62. The predicted octanol–water partition coefficient (Wildman–Crippen LogP) is 3.60. The Hall–Kier alpha value is -3.19. The molecule has 1 aliphatic heterocycles. The van der Waals surface area contributed by atoms with Crippen LogP contribution in [0.4, 0.5) is 4.39 Å². The molecule has 0 aliphatic carbocycles. The molecule has 2 aromatic carbocycles. The third-order valence-electron chi connectivity index (χ3n) is 5.28. The Morgan fingerprint density at radius 3 is 2.29 bits per heavy atom. The van der Waals surface area contributed by atoms with Gasteiger partial charge in [-0.1, -0.05) is 43.3 Å². The van der Waals surface area contributed by atoms with Crippen molar-refractivity contribution in [1.82, 2.24) is 15.0 Å². The van der Waals surface area contributed by atoms with Crippen LogP contribution in [0.25, 0.3) is 22.8 Å². The molecule has 2 heterocycles. The number of carbonyl (C=O) groups is 1. The second-order valence-electron chi connectivity index (χ2n) is 8.70. The van der Waals surface area contributed by atoms with E-state index < -0.39 is 16.4 Å². The maximum atomic E-state index is 14.6. The summed E-state index contributed by atoms with van der Waals surface area (Å²) in [5.41, 5.74) is 3.13. The largest absolute Gasteiger partial charge is 0.481 e. The van der Waals surface area contributed by atoms with Crippen LogP contribution in [0, 0.1) is 17.7 Å². The minimum absolute atomic E-state index is 0.330. The number of carboxylic acids is 1. The van der Waals surface area contributed by atoms with Gasteiger partial charge in [0.15, 0.2) is 0 Å². The van der Waals surface area contributed by atoms with Crippen LogP contribution in [0.1, 0.15) is 25.0 Å². The molecule has 4 rings (SSSR count). The second kappa shape index (κ2) is 11.0. The van der Waals surface area contributed by atoms with E-state index in [2.05, 4.69) is 36.1 Å². The van der Waals surface area contributed by atoms with Crippen LogP contribution in [-0.4, -0.2) is 56.7 Å². The van der Waals surface area contributed by atoms with Gasteiger partial charge < -0.3 is 9.63 Å². The van der Waals surface area contributed by atoms with Gasteiger partial charge in [-0.2, -0.15) is 13.4 Å². The molecule has 1 aromatic heterocycles. The number of hydrogen-bond acceptors (Lipinski definition) is 7. The van der Waals surface area contributed by atoms with E-state index in [-0.39, 0.29) is 11.7 Å². The van der Waals surface area contributed by atoms with Gasteiger partial charge in [0.05, 0.1) is 5.92 Å². The molecule has 0 amide bonds. The molecule has 35 heavy (non-hydrogen) atoms. The molecule has 10 nitrogen and oxygen atoms in total. The van der Waals surface area contributed by atoms with Crippen molar-refractivity contribution < 1.29 is 36.3 Å². The van der Waals surface area contributed by atoms with E-state index in [0.29, 0.717) is 48.4 Å². The highest BCUT2D eigenvalue weighted by atomic mass is 32.3. The van der Waals surface area contributed by atoms with Gasteiger partial charge in [0, 0.05) is 36.3 Å². The Bertz CT molecular complexity index is 1260. The second-order valence-corrected chi connectivity index (χ2v) is 9.60. The lowest BCUT2D eigenvalue weighted by Gasteiger charge is -2.36. The Morgan fingerprint density at radius 1 is 1.14 bits per heavy atom. The molecule has 3 aromatic rings. The van der Waals surface area contributed by atoms with E-state index >= 15 is 0 Å². The van der Waals surface area contributed by atoms with Crippen LogP contribution in [0.2, 0.25) is 0 Å². The minimum atomic E-state index is -4.67. The zero-order chi connectivity index (χ0) is 25.8. The average molecular weight is 508 g/mol. The highest BCUT2D eigenvalue weighted by molar-refractivity contribution is 7.79. The molecule has 0 atom stereocenters. The molecule has 0 spiro atoms. The highest BCUT2D eigenvalue weighted by Crippen LogP contribution is 2.26. The first-order valence-electron chi connectivity index (χ1n) is 10.8. The standard InChI is InChI=1S/C23H24FN3O3.H2O4S/c1-14(2)9-15-3-5-16(6-4-15)22-25-21(26-30-22)17-7-8-18(20(24)10-17)11-27-12-19(13-27)23(28)29;1-5(2,3)4/h3-8,10,14,19H,9,11-13H2,1-2H3,(H,28,29);(H2,1,2,3,4). The van der Waals surface area contributed by atoms with Gasteiger partial charge in [0.2, 0.25) is 5.82 Å². The lowest BCUT2D eigenvalue weighted by Crippen LogP contribution is -2.49. The van der Waals surface area contributed by atoms with E-state index in [4.69, 9.17) is 27.2 Å². The summed E-state index contributed by atoms with van der Waals surface area (Å²) >= 11 is 0. The minimum Gasteiger partial charge on any atom is -0.481 e. The summed E-state index contributed by atoms with van der Waals surface area (Å²) in [6.45, 7) is 5.63. The van der Waals surface area contributed by atoms with Gasteiger partial charge in [0.25, 0.3) is 5.89 Å². The Morgan fingerprint density at radius 2 is 1.74 bits per heavy atom. The fraction of sp³-hybridized carbons (Fsp3) is 0.348. The first kappa shape index (κ1) is 26.4. The molecule has 1 fully saturated rings. The number of rotatable bonds is 7. The van der Waals surface area contributed by atoms with Crippen LogP contribution in [0.15, 0.2) is 47.0 Å². The first-order chi connectivity index (χ1) is 16.4. The van der Waals surface area contributed by atoms with E-state index in [1.807, 2.05) is 17.0 Å². The van der Waals surface area contributed by atoms with Crippen LogP contribution in [0.3, 0.4) is 0 Å². The van der Waals surface area contributed by atoms with Crippen molar-refractivity contribution >= 4 is 16.4 Å². The number of halogens is 1. The zero-order valence-corrected chi connectivity index (χ0v) is 19.9. The first-order valence-corrected chi connectivity index (χ1v) is 12.2. The molecule has 1 saturated heterocycles. The molecular weight excluding hydrogens is 481 g/mol. The SMILES string of the molecule is CC(C)Cc1ccc(-c2nc(-c3ccc(CN4CC(C(=O)O)C4)c(F)c3)no2)cc1.O=S(=O)(O)O. The van der Waals surface area contributed by atoms with Crippen molar-refractivity contribution in [2.75, 3.05) is 13.1 Å². The smallest absolute Gasteiger partial charge is 0.394 e. The van der Waals surface area contributed by atoms with E-state index in [0.717, 1.165) is 12.0 Å². The van der Waals surface area contributed by atoms with Gasteiger partial charge in [-0.25, -0.2) is 4.39 Å². The van der Waals surface area contributed by atoms with E-state index in [1.54, 1.807) is 12.1 Å². The number of likely N-dealkylation sites (tertiary alicyclic amines) is 1. The monoisotopic (exact) mass is 507 g/mol. The topological polar surface area (TPSA) is 154 Å². The lowest BCUT2D eigenvalue weighted by molar-refractivity contribution is -0.147. The number of hydrogen-bond donors (Lipinski definition) is 3. The van der Waals surface area contributed by atoms with Gasteiger partial charge in [-0.3, -0.25) is 18.8 Å². The molecule has 3 N–H and O–H groups in total. The lowest BCUT2D eigenvalue weighted by atomic mass is 9.99. The zero-order valence-electron chi connectivity index (χ0n) is 19.1. The Labute approximate surface area is 202 Å². The summed E-state index contributed by atoms with van der Waals surface area (Å²) < 4.78 is 51.5. The van der Waals surface area contributed by atoms with Crippen molar-refractivity contribution in [3.05, 3.63) is 59.4 Å². The van der Waals surface area contributed by atoms with Crippen LogP contribution >= 0.6 is 0 Å². The molecule has 0 unspecified atom stereocenters. The molecule has 12 heteroatoms. The maximum Gasteiger partial charge on any atom is 0.394 e. The number of carboxylic acid groups (broad SMARTS) is 1. The predicted molar refractivity (Wildman–Crippen MR) is 124 cm³/mol. The van der Waals surface area contributed by atoms with Gasteiger partial charge in [-0.15, -0.1) is 0 Å². The summed E-state index contributed by atoms with van der Waals surface area (Å²) in [6, 6.07) is 12.9. The molecule has 188 valence electrons.